The zero-order valence-electron chi connectivity index (χ0n) is 13.5. The number of nitrogen functional groups attached to an aromatic ring is 1. The van der Waals surface area contributed by atoms with Gasteiger partial charge in [-0.2, -0.15) is 0 Å². The second-order valence-electron chi connectivity index (χ2n) is 6.07. The molecule has 2 rings (SSSR count). The highest BCUT2D eigenvalue weighted by Crippen LogP contribution is 2.11. The van der Waals surface area contributed by atoms with Gasteiger partial charge in [-0.1, -0.05) is 12.1 Å². The van der Waals surface area contributed by atoms with Crippen molar-refractivity contribution in [1.82, 2.24) is 21.3 Å². The van der Waals surface area contributed by atoms with Crippen LogP contribution in [0.3, 0.4) is 0 Å². The van der Waals surface area contributed by atoms with Crippen molar-refractivity contribution < 1.29 is 0 Å². The van der Waals surface area contributed by atoms with E-state index in [4.69, 9.17) is 5.73 Å². The molecule has 1 aromatic carbocycles. The summed E-state index contributed by atoms with van der Waals surface area (Å²) in [6, 6.07) is 8.28. The van der Waals surface area contributed by atoms with Gasteiger partial charge >= 0.3 is 0 Å². The third-order valence-electron chi connectivity index (χ3n) is 4.03. The summed E-state index contributed by atoms with van der Waals surface area (Å²) in [7, 11) is 0. The summed E-state index contributed by atoms with van der Waals surface area (Å²) >= 11 is 0. The van der Waals surface area contributed by atoms with E-state index in [1.807, 2.05) is 12.1 Å². The first-order valence-corrected chi connectivity index (χ1v) is 8.52. The molecular formula is C17H31N5. The number of benzene rings is 1. The zero-order valence-corrected chi connectivity index (χ0v) is 13.5. The van der Waals surface area contributed by atoms with Gasteiger partial charge in [0.1, 0.15) is 0 Å². The van der Waals surface area contributed by atoms with Gasteiger partial charge in [0.15, 0.2) is 0 Å². The van der Waals surface area contributed by atoms with E-state index in [0.29, 0.717) is 5.92 Å². The third kappa shape index (κ3) is 7.22. The Morgan fingerprint density at radius 2 is 1.32 bits per heavy atom. The number of rotatable bonds is 2. The van der Waals surface area contributed by atoms with Crippen LogP contribution in [-0.4, -0.2) is 52.4 Å². The number of hydrogen-bond acceptors (Lipinski definition) is 5. The van der Waals surface area contributed by atoms with Crippen LogP contribution in [0.5, 0.6) is 0 Å². The molecule has 0 radical (unpaired) electrons. The summed E-state index contributed by atoms with van der Waals surface area (Å²) < 4.78 is 0. The van der Waals surface area contributed by atoms with Crippen molar-refractivity contribution in [2.24, 2.45) is 5.92 Å². The van der Waals surface area contributed by atoms with Gasteiger partial charge in [0.05, 0.1) is 0 Å². The molecule has 22 heavy (non-hydrogen) atoms. The SMILES string of the molecule is Nc1ccc(CC2CNCCCNCCNCCNC2)cc1. The summed E-state index contributed by atoms with van der Waals surface area (Å²) in [4.78, 5) is 0. The number of anilines is 1. The van der Waals surface area contributed by atoms with Gasteiger partial charge < -0.3 is 27.0 Å². The predicted molar refractivity (Wildman–Crippen MR) is 94.1 cm³/mol. The van der Waals surface area contributed by atoms with Crippen LogP contribution < -0.4 is 27.0 Å². The van der Waals surface area contributed by atoms with Crippen LogP contribution >= 0.6 is 0 Å². The van der Waals surface area contributed by atoms with E-state index in [-0.39, 0.29) is 0 Å². The molecule has 1 aromatic rings. The molecule has 124 valence electrons. The largest absolute Gasteiger partial charge is 0.399 e. The first kappa shape index (κ1) is 17.2. The van der Waals surface area contributed by atoms with Crippen LogP contribution in [0.1, 0.15) is 12.0 Å². The van der Waals surface area contributed by atoms with Gasteiger partial charge in [-0.15, -0.1) is 0 Å². The Morgan fingerprint density at radius 1 is 0.773 bits per heavy atom. The number of nitrogens with two attached hydrogens (primary N) is 1. The minimum absolute atomic E-state index is 0.611. The summed E-state index contributed by atoms with van der Waals surface area (Å²) in [5.41, 5.74) is 7.97. The highest BCUT2D eigenvalue weighted by atomic mass is 15.0. The fraction of sp³-hybridized carbons (Fsp3) is 0.647. The molecule has 5 heteroatoms. The average molecular weight is 305 g/mol. The van der Waals surface area contributed by atoms with E-state index in [1.165, 1.54) is 12.0 Å². The lowest BCUT2D eigenvalue weighted by molar-refractivity contribution is 0.429. The van der Waals surface area contributed by atoms with E-state index in [0.717, 1.165) is 64.5 Å². The molecule has 1 fully saturated rings. The van der Waals surface area contributed by atoms with Crippen molar-refractivity contribution in [2.75, 3.05) is 58.1 Å². The van der Waals surface area contributed by atoms with Crippen LogP contribution in [0.15, 0.2) is 24.3 Å². The van der Waals surface area contributed by atoms with Crippen LogP contribution in [0.25, 0.3) is 0 Å². The molecule has 1 aliphatic heterocycles. The second-order valence-corrected chi connectivity index (χ2v) is 6.07. The Morgan fingerprint density at radius 3 is 2.05 bits per heavy atom. The average Bonchev–Trinajstić information content (AvgIpc) is 2.53. The number of nitrogens with one attached hydrogen (secondary N) is 4. The Bertz CT molecular complexity index is 379. The van der Waals surface area contributed by atoms with Crippen molar-refractivity contribution in [1.29, 1.82) is 0 Å². The highest BCUT2D eigenvalue weighted by molar-refractivity contribution is 5.39. The quantitative estimate of drug-likeness (QED) is 0.505. The monoisotopic (exact) mass is 305 g/mol. The molecule has 0 spiro atoms. The van der Waals surface area contributed by atoms with E-state index in [9.17, 15) is 0 Å². The molecule has 1 atom stereocenters. The molecule has 6 N–H and O–H groups in total. The maximum absolute atomic E-state index is 5.77. The molecule has 0 aromatic heterocycles. The van der Waals surface area contributed by atoms with Crippen molar-refractivity contribution >= 4 is 5.69 Å². The summed E-state index contributed by atoms with van der Waals surface area (Å²) in [6.45, 7) is 8.45. The Kier molecular flexibility index (Phi) is 8.27. The van der Waals surface area contributed by atoms with Gasteiger partial charge in [-0.05, 0) is 62.6 Å². The summed E-state index contributed by atoms with van der Waals surface area (Å²) in [5, 5.41) is 14.1. The topological polar surface area (TPSA) is 74.1 Å². The van der Waals surface area contributed by atoms with E-state index in [2.05, 4.69) is 33.4 Å². The van der Waals surface area contributed by atoms with Crippen molar-refractivity contribution in [3.63, 3.8) is 0 Å². The van der Waals surface area contributed by atoms with E-state index < -0.39 is 0 Å². The van der Waals surface area contributed by atoms with Gasteiger partial charge in [-0.25, -0.2) is 0 Å². The van der Waals surface area contributed by atoms with E-state index in [1.54, 1.807) is 0 Å². The van der Waals surface area contributed by atoms with Gasteiger partial charge in [-0.3, -0.25) is 0 Å². The first-order chi connectivity index (χ1) is 10.8. The fourth-order valence-corrected chi connectivity index (χ4v) is 2.76. The molecule has 0 amide bonds. The zero-order chi connectivity index (χ0) is 15.5. The third-order valence-corrected chi connectivity index (χ3v) is 4.03. The summed E-state index contributed by atoms with van der Waals surface area (Å²) in [5.74, 6) is 0.611. The molecular weight excluding hydrogens is 274 g/mol. The summed E-state index contributed by atoms with van der Waals surface area (Å²) in [6.07, 6.45) is 2.27. The molecule has 0 aliphatic carbocycles. The minimum Gasteiger partial charge on any atom is -0.399 e. The lowest BCUT2D eigenvalue weighted by atomic mass is 9.98. The van der Waals surface area contributed by atoms with Crippen molar-refractivity contribution in [3.05, 3.63) is 29.8 Å². The molecule has 1 unspecified atom stereocenters. The fourth-order valence-electron chi connectivity index (χ4n) is 2.76. The predicted octanol–water partition coefficient (Wildman–Crippen LogP) is 0.190. The second kappa shape index (κ2) is 10.6. The molecule has 0 saturated carbocycles. The smallest absolute Gasteiger partial charge is 0.0314 e. The molecule has 0 bridgehead atoms. The molecule has 1 saturated heterocycles. The maximum atomic E-state index is 5.77. The standard InChI is InChI=1S/C17H31N5/c18-17-4-2-15(3-5-17)12-16-13-21-7-1-6-19-8-9-20-10-11-22-14-16/h2-5,16,19-22H,1,6-14,18H2. The van der Waals surface area contributed by atoms with Crippen molar-refractivity contribution in [3.8, 4) is 0 Å². The first-order valence-electron chi connectivity index (χ1n) is 8.52. The van der Waals surface area contributed by atoms with Gasteiger partial charge in [0.25, 0.3) is 0 Å². The molecule has 5 nitrogen and oxygen atoms in total. The maximum Gasteiger partial charge on any atom is 0.0314 e. The normalized spacial score (nSPS) is 22.8. The minimum atomic E-state index is 0.611. The molecule has 1 aliphatic rings. The van der Waals surface area contributed by atoms with Crippen LogP contribution in [0, 0.1) is 5.92 Å². The van der Waals surface area contributed by atoms with Crippen molar-refractivity contribution in [2.45, 2.75) is 12.8 Å². The van der Waals surface area contributed by atoms with Crippen LogP contribution in [0.4, 0.5) is 5.69 Å². The Hall–Kier alpha value is -1.14. The van der Waals surface area contributed by atoms with E-state index >= 15 is 0 Å². The Labute approximate surface area is 134 Å². The Balaban J connectivity index is 1.81. The molecule has 1 heterocycles. The lowest BCUT2D eigenvalue weighted by Gasteiger charge is -2.19. The number of hydrogen-bond donors (Lipinski definition) is 5. The van der Waals surface area contributed by atoms with Gasteiger partial charge in [0, 0.05) is 31.9 Å². The lowest BCUT2D eigenvalue weighted by Crippen LogP contribution is -2.38. The van der Waals surface area contributed by atoms with Crippen LogP contribution in [0.2, 0.25) is 0 Å². The van der Waals surface area contributed by atoms with Crippen LogP contribution in [-0.2, 0) is 6.42 Å². The van der Waals surface area contributed by atoms with Gasteiger partial charge in [0.2, 0.25) is 0 Å². The highest BCUT2D eigenvalue weighted by Gasteiger charge is 2.09.